The van der Waals surface area contributed by atoms with Crippen molar-refractivity contribution < 1.29 is 18.3 Å². The predicted octanol–water partition coefficient (Wildman–Crippen LogP) is 4.37. The highest BCUT2D eigenvalue weighted by atomic mass is 35.5. The zero-order chi connectivity index (χ0) is 20.7. The third-order valence-electron chi connectivity index (χ3n) is 7.56. The van der Waals surface area contributed by atoms with Crippen molar-refractivity contribution in [3.63, 3.8) is 0 Å². The minimum atomic E-state index is -0.757. The number of carbonyl (C=O) groups excluding carboxylic acids is 1. The van der Waals surface area contributed by atoms with Gasteiger partial charge in [0.25, 0.3) is 0 Å². The van der Waals surface area contributed by atoms with Crippen LogP contribution in [-0.4, -0.2) is 66.3 Å². The summed E-state index contributed by atoms with van der Waals surface area (Å²) in [7, 11) is 1.92. The molecule has 0 unspecified atom stereocenters. The van der Waals surface area contributed by atoms with Crippen LogP contribution in [0, 0.1) is 0 Å². The number of hydrogen-bond acceptors (Lipinski definition) is 4. The van der Waals surface area contributed by atoms with E-state index in [2.05, 4.69) is 4.90 Å². The van der Waals surface area contributed by atoms with Gasteiger partial charge in [0.05, 0.1) is 18.3 Å². The Bertz CT molecular complexity index is 913. The summed E-state index contributed by atoms with van der Waals surface area (Å²) in [5, 5.41) is 0.998. The lowest BCUT2D eigenvalue weighted by atomic mass is 9.76. The number of likely N-dealkylation sites (tertiary alicyclic amines) is 1. The summed E-state index contributed by atoms with van der Waals surface area (Å²) in [5.41, 5.74) is 1.73. The monoisotopic (exact) mass is 450 g/mol. The highest BCUT2D eigenvalue weighted by molar-refractivity contribution is 5.87. The molecule has 4 atom stereocenters. The second kappa shape index (κ2) is 9.08. The van der Waals surface area contributed by atoms with Crippen LogP contribution in [0.5, 0.6) is 0 Å². The number of amides is 1. The Balaban J connectivity index is 0.00000231. The fraction of sp³-hybridized carbons (Fsp3) is 0.625. The molecule has 1 aromatic heterocycles. The van der Waals surface area contributed by atoms with Gasteiger partial charge in [-0.2, -0.15) is 0 Å². The van der Waals surface area contributed by atoms with Gasteiger partial charge in [-0.05, 0) is 56.2 Å². The molecule has 3 aliphatic rings. The van der Waals surface area contributed by atoms with E-state index in [0.717, 1.165) is 61.8 Å². The van der Waals surface area contributed by atoms with E-state index >= 15 is 0 Å². The average molecular weight is 451 g/mol. The molecule has 3 fully saturated rings. The van der Waals surface area contributed by atoms with Crippen molar-refractivity contribution in [2.75, 3.05) is 26.7 Å². The van der Waals surface area contributed by atoms with Crippen molar-refractivity contribution in [1.29, 1.82) is 0 Å². The minimum Gasteiger partial charge on any atom is -0.464 e. The average Bonchev–Trinajstić information content (AvgIpc) is 3.49. The van der Waals surface area contributed by atoms with Crippen LogP contribution in [0.3, 0.4) is 0 Å². The SMILES string of the molecule is CN(C(=O)Cc1cccc2occc12)[C@H]1CC[C@@]2(CCCO2)C[C@@H]1N1CC[C@@H](F)C1.Cl. The second-order valence-corrected chi connectivity index (χ2v) is 9.32. The first kappa shape index (κ1) is 22.6. The number of fused-ring (bicyclic) bond motifs is 1. The van der Waals surface area contributed by atoms with Gasteiger partial charge in [0.1, 0.15) is 11.8 Å². The molecule has 0 bridgehead atoms. The van der Waals surface area contributed by atoms with E-state index in [1.165, 1.54) is 0 Å². The molecule has 7 heteroatoms. The van der Waals surface area contributed by atoms with Crippen molar-refractivity contribution in [2.24, 2.45) is 0 Å². The molecule has 1 aromatic carbocycles. The van der Waals surface area contributed by atoms with E-state index < -0.39 is 6.17 Å². The van der Waals surface area contributed by atoms with Crippen molar-refractivity contribution in [3.8, 4) is 0 Å². The Morgan fingerprint density at radius 1 is 1.29 bits per heavy atom. The summed E-state index contributed by atoms with van der Waals surface area (Å²) in [5.74, 6) is 0.109. The van der Waals surface area contributed by atoms with Gasteiger partial charge >= 0.3 is 0 Å². The topological polar surface area (TPSA) is 45.9 Å². The van der Waals surface area contributed by atoms with Crippen LogP contribution in [0.25, 0.3) is 11.0 Å². The van der Waals surface area contributed by atoms with Crippen LogP contribution in [0.2, 0.25) is 0 Å². The van der Waals surface area contributed by atoms with Crippen molar-refractivity contribution >= 4 is 29.3 Å². The molecule has 2 aromatic rings. The van der Waals surface area contributed by atoms with Crippen molar-refractivity contribution in [3.05, 3.63) is 36.1 Å². The Morgan fingerprint density at radius 3 is 2.90 bits per heavy atom. The molecular weight excluding hydrogens is 419 g/mol. The molecule has 5 nitrogen and oxygen atoms in total. The van der Waals surface area contributed by atoms with E-state index in [0.29, 0.717) is 19.4 Å². The maximum atomic E-state index is 14.0. The van der Waals surface area contributed by atoms with Crippen LogP contribution < -0.4 is 0 Å². The van der Waals surface area contributed by atoms with Gasteiger partial charge in [-0.1, -0.05) is 12.1 Å². The van der Waals surface area contributed by atoms with Gasteiger partial charge in [-0.3, -0.25) is 9.69 Å². The quantitative estimate of drug-likeness (QED) is 0.694. The summed E-state index contributed by atoms with van der Waals surface area (Å²) >= 11 is 0. The Hall–Kier alpha value is -1.63. The number of nitrogens with zero attached hydrogens (tertiary/aromatic N) is 2. The number of alkyl halides is 1. The largest absolute Gasteiger partial charge is 0.464 e. The molecule has 1 amide bonds. The molecule has 31 heavy (non-hydrogen) atoms. The fourth-order valence-corrected chi connectivity index (χ4v) is 5.89. The third kappa shape index (κ3) is 4.35. The Morgan fingerprint density at radius 2 is 2.16 bits per heavy atom. The molecule has 5 rings (SSSR count). The maximum absolute atomic E-state index is 14.0. The van der Waals surface area contributed by atoms with E-state index in [9.17, 15) is 9.18 Å². The molecular formula is C24H32ClFN2O3. The first-order valence-electron chi connectivity index (χ1n) is 11.3. The fourth-order valence-electron chi connectivity index (χ4n) is 5.89. The summed E-state index contributed by atoms with van der Waals surface area (Å²) in [6.07, 6.45) is 6.84. The summed E-state index contributed by atoms with van der Waals surface area (Å²) in [4.78, 5) is 17.5. The molecule has 2 aliphatic heterocycles. The van der Waals surface area contributed by atoms with Gasteiger partial charge in [-0.15, -0.1) is 12.4 Å². The standard InChI is InChI=1S/C24H31FN2O3.ClH/c1-26(23(28)14-17-4-2-5-22-19(17)8-13-29-22)20-6-10-24(9-3-12-30-24)15-21(20)27-11-7-18(25)16-27;/h2,4-5,8,13,18,20-21H,3,6-7,9-12,14-16H2,1H3;1H/t18-,20+,21+,24+;/m1./s1. The molecule has 0 radical (unpaired) electrons. The first-order valence-corrected chi connectivity index (χ1v) is 11.3. The van der Waals surface area contributed by atoms with Gasteiger partial charge < -0.3 is 14.1 Å². The van der Waals surface area contributed by atoms with E-state index in [-0.39, 0.29) is 36.0 Å². The number of carbonyl (C=O) groups is 1. The molecule has 170 valence electrons. The number of furan rings is 1. The lowest BCUT2D eigenvalue weighted by Gasteiger charge is -2.48. The Kier molecular flexibility index (Phi) is 6.61. The zero-order valence-corrected chi connectivity index (χ0v) is 18.9. The van der Waals surface area contributed by atoms with E-state index in [1.54, 1.807) is 6.26 Å². The lowest BCUT2D eigenvalue weighted by molar-refractivity contribution is -0.136. The molecule has 1 aliphatic carbocycles. The number of rotatable bonds is 4. The minimum absolute atomic E-state index is 0. The third-order valence-corrected chi connectivity index (χ3v) is 7.56. The van der Waals surface area contributed by atoms with Crippen LogP contribution in [0.1, 0.15) is 44.1 Å². The van der Waals surface area contributed by atoms with Crippen LogP contribution in [0.15, 0.2) is 34.9 Å². The predicted molar refractivity (Wildman–Crippen MR) is 120 cm³/mol. The van der Waals surface area contributed by atoms with Gasteiger partial charge in [0.15, 0.2) is 0 Å². The normalized spacial score (nSPS) is 31.2. The van der Waals surface area contributed by atoms with Crippen molar-refractivity contribution in [1.82, 2.24) is 9.80 Å². The number of ether oxygens (including phenoxy) is 1. The van der Waals surface area contributed by atoms with Crippen LogP contribution in [0.4, 0.5) is 4.39 Å². The lowest BCUT2D eigenvalue weighted by Crippen LogP contribution is -2.58. The summed E-state index contributed by atoms with van der Waals surface area (Å²) in [6.45, 7) is 2.08. The Labute approximate surface area is 189 Å². The smallest absolute Gasteiger partial charge is 0.227 e. The number of hydrogen-bond donors (Lipinski definition) is 0. The molecule has 3 heterocycles. The first-order chi connectivity index (χ1) is 14.5. The van der Waals surface area contributed by atoms with E-state index in [4.69, 9.17) is 9.15 Å². The highest BCUT2D eigenvalue weighted by Gasteiger charge is 2.48. The van der Waals surface area contributed by atoms with E-state index in [1.807, 2.05) is 36.2 Å². The maximum Gasteiger partial charge on any atom is 0.227 e. The van der Waals surface area contributed by atoms with Crippen molar-refractivity contribution in [2.45, 2.75) is 68.8 Å². The van der Waals surface area contributed by atoms with Gasteiger partial charge in [-0.25, -0.2) is 4.39 Å². The molecule has 1 spiro atoms. The molecule has 2 saturated heterocycles. The summed E-state index contributed by atoms with van der Waals surface area (Å²) in [6, 6.07) is 8.04. The number of likely N-dealkylation sites (N-methyl/N-ethyl adjacent to an activating group) is 1. The number of benzene rings is 1. The molecule has 0 N–H and O–H groups in total. The number of halogens is 2. The van der Waals surface area contributed by atoms with Crippen LogP contribution in [-0.2, 0) is 16.0 Å². The van der Waals surface area contributed by atoms with Gasteiger partial charge in [0.2, 0.25) is 5.91 Å². The van der Waals surface area contributed by atoms with Crippen LogP contribution >= 0.6 is 12.4 Å². The summed E-state index contributed by atoms with van der Waals surface area (Å²) < 4.78 is 25.7. The zero-order valence-electron chi connectivity index (χ0n) is 18.1. The van der Waals surface area contributed by atoms with Gasteiger partial charge in [0, 0.05) is 44.2 Å². The molecule has 1 saturated carbocycles. The highest BCUT2D eigenvalue weighted by Crippen LogP contribution is 2.43. The second-order valence-electron chi connectivity index (χ2n) is 9.32.